The number of halogens is 2. The molecule has 0 atom stereocenters. The maximum absolute atomic E-state index is 13.3. The summed E-state index contributed by atoms with van der Waals surface area (Å²) in [7, 11) is 1.49. The first-order chi connectivity index (χ1) is 17.7. The van der Waals surface area contributed by atoms with Gasteiger partial charge in [0.25, 0.3) is 11.8 Å². The molecule has 0 aromatic heterocycles. The average molecular weight is 649 g/mol. The van der Waals surface area contributed by atoms with E-state index in [0.717, 1.165) is 10.5 Å². The summed E-state index contributed by atoms with van der Waals surface area (Å²) in [5.41, 5.74) is 1.46. The predicted octanol–water partition coefficient (Wildman–Crippen LogP) is 5.06. The fraction of sp³-hybridized carbons (Fsp3) is 0.0769. The van der Waals surface area contributed by atoms with Gasteiger partial charge in [0.05, 0.1) is 21.9 Å². The second kappa shape index (κ2) is 11.3. The van der Waals surface area contributed by atoms with Crippen molar-refractivity contribution in [1.29, 1.82) is 0 Å². The van der Waals surface area contributed by atoms with Crippen LogP contribution in [0.3, 0.4) is 0 Å². The van der Waals surface area contributed by atoms with Crippen LogP contribution in [0.1, 0.15) is 21.5 Å². The van der Waals surface area contributed by atoms with E-state index in [1.807, 2.05) is 12.1 Å². The van der Waals surface area contributed by atoms with E-state index in [0.29, 0.717) is 25.7 Å². The number of carboxylic acid groups (broad SMARTS) is 1. The number of rotatable bonds is 7. The van der Waals surface area contributed by atoms with E-state index in [9.17, 15) is 19.5 Å². The van der Waals surface area contributed by atoms with Gasteiger partial charge >= 0.3 is 5.97 Å². The Kier molecular flexibility index (Phi) is 8.10. The van der Waals surface area contributed by atoms with E-state index in [2.05, 4.69) is 27.9 Å². The fourth-order valence-electron chi connectivity index (χ4n) is 3.54. The van der Waals surface area contributed by atoms with E-state index >= 15 is 0 Å². The minimum absolute atomic E-state index is 0.0241. The molecule has 0 bridgehead atoms. The van der Waals surface area contributed by atoms with E-state index in [1.54, 1.807) is 24.3 Å². The standard InChI is InChI=1S/C26H18ClIN2O6S/c1-35-21-11-15(10-20(28)22(21)36-13-14-5-7-17(27)8-6-14)9-19-23(31)29-26(37)30(24(19)32)18-4-2-3-16(12-18)25(33)34/h2-12H,13H2,1H3,(H,33,34)(H,29,31,37). The molecule has 0 radical (unpaired) electrons. The van der Waals surface area contributed by atoms with E-state index in [1.165, 1.54) is 37.5 Å². The minimum Gasteiger partial charge on any atom is -0.493 e. The van der Waals surface area contributed by atoms with Crippen LogP contribution in [0.2, 0.25) is 5.02 Å². The quantitative estimate of drug-likeness (QED) is 0.160. The molecule has 11 heteroatoms. The third-order valence-electron chi connectivity index (χ3n) is 5.31. The summed E-state index contributed by atoms with van der Waals surface area (Å²) in [5.74, 6) is -1.59. The van der Waals surface area contributed by atoms with Crippen LogP contribution in [0.25, 0.3) is 6.08 Å². The van der Waals surface area contributed by atoms with Crippen molar-refractivity contribution in [3.05, 3.63) is 91.5 Å². The molecule has 3 aromatic carbocycles. The average Bonchev–Trinajstić information content (AvgIpc) is 2.86. The van der Waals surface area contributed by atoms with Crippen molar-refractivity contribution in [2.24, 2.45) is 0 Å². The van der Waals surface area contributed by atoms with Crippen LogP contribution in [-0.4, -0.2) is 35.1 Å². The Balaban J connectivity index is 1.64. The van der Waals surface area contributed by atoms with E-state index in [4.69, 9.17) is 33.3 Å². The van der Waals surface area contributed by atoms with Crippen molar-refractivity contribution in [3.63, 3.8) is 0 Å². The lowest BCUT2D eigenvalue weighted by atomic mass is 10.1. The molecule has 3 aromatic rings. The maximum atomic E-state index is 13.3. The largest absolute Gasteiger partial charge is 0.493 e. The summed E-state index contributed by atoms with van der Waals surface area (Å²) in [6.07, 6.45) is 1.42. The summed E-state index contributed by atoms with van der Waals surface area (Å²) < 4.78 is 12.2. The van der Waals surface area contributed by atoms with Crippen molar-refractivity contribution in [2.45, 2.75) is 6.61 Å². The van der Waals surface area contributed by atoms with Gasteiger partial charge in [-0.3, -0.25) is 19.8 Å². The van der Waals surface area contributed by atoms with Gasteiger partial charge in [-0.2, -0.15) is 0 Å². The number of carbonyl (C=O) groups excluding carboxylic acids is 2. The molecule has 0 saturated carbocycles. The Bertz CT molecular complexity index is 1460. The van der Waals surface area contributed by atoms with Crippen molar-refractivity contribution in [1.82, 2.24) is 5.32 Å². The van der Waals surface area contributed by atoms with Crippen LogP contribution < -0.4 is 19.7 Å². The number of aromatic carboxylic acids is 1. The topological polar surface area (TPSA) is 105 Å². The predicted molar refractivity (Wildman–Crippen MR) is 151 cm³/mol. The summed E-state index contributed by atoms with van der Waals surface area (Å²) in [5, 5.41) is 12.3. The minimum atomic E-state index is -1.16. The van der Waals surface area contributed by atoms with Gasteiger partial charge in [0.2, 0.25) is 0 Å². The Hall–Kier alpha value is -3.48. The highest BCUT2D eigenvalue weighted by Crippen LogP contribution is 2.35. The molecular formula is C26H18ClIN2O6S. The highest BCUT2D eigenvalue weighted by Gasteiger charge is 2.34. The number of amides is 2. The molecule has 1 saturated heterocycles. The normalized spacial score (nSPS) is 14.5. The zero-order chi connectivity index (χ0) is 26.7. The van der Waals surface area contributed by atoms with Gasteiger partial charge in [0.1, 0.15) is 12.2 Å². The molecule has 1 fully saturated rings. The second-order valence-electron chi connectivity index (χ2n) is 7.76. The molecule has 1 aliphatic heterocycles. The number of carboxylic acids is 1. The van der Waals surface area contributed by atoms with Crippen molar-refractivity contribution in [2.75, 3.05) is 12.0 Å². The number of benzene rings is 3. The molecule has 37 heavy (non-hydrogen) atoms. The van der Waals surface area contributed by atoms with Crippen LogP contribution in [0.5, 0.6) is 11.5 Å². The molecule has 2 N–H and O–H groups in total. The number of hydrogen-bond donors (Lipinski definition) is 2. The van der Waals surface area contributed by atoms with Crippen molar-refractivity contribution < 1.29 is 29.0 Å². The number of hydrogen-bond acceptors (Lipinski definition) is 6. The summed E-state index contributed by atoms with van der Waals surface area (Å²) in [4.78, 5) is 38.5. The van der Waals surface area contributed by atoms with Gasteiger partial charge < -0.3 is 14.6 Å². The molecule has 1 heterocycles. The van der Waals surface area contributed by atoms with Crippen LogP contribution in [0.4, 0.5) is 5.69 Å². The molecule has 2 amide bonds. The first-order valence-electron chi connectivity index (χ1n) is 10.7. The first-order valence-corrected chi connectivity index (χ1v) is 12.5. The number of nitrogens with one attached hydrogen (secondary N) is 1. The van der Waals surface area contributed by atoms with Gasteiger partial charge in [-0.1, -0.05) is 29.8 Å². The Labute approximate surface area is 236 Å². The smallest absolute Gasteiger partial charge is 0.335 e. The molecule has 0 spiro atoms. The van der Waals surface area contributed by atoms with Crippen molar-refractivity contribution >= 4 is 81.1 Å². The first kappa shape index (κ1) is 26.6. The van der Waals surface area contributed by atoms with E-state index in [-0.39, 0.29) is 28.5 Å². The summed E-state index contributed by atoms with van der Waals surface area (Å²) >= 11 is 13.2. The number of ether oxygens (including phenoxy) is 2. The SMILES string of the molecule is COc1cc(C=C2C(=O)NC(=S)N(c3cccc(C(=O)O)c3)C2=O)cc(I)c1OCc1ccc(Cl)cc1. The number of methoxy groups -OCH3 is 1. The molecule has 188 valence electrons. The van der Waals surface area contributed by atoms with Gasteiger partial charge in [-0.25, -0.2) is 4.79 Å². The zero-order valence-electron chi connectivity index (χ0n) is 19.2. The van der Waals surface area contributed by atoms with Gasteiger partial charge in [0.15, 0.2) is 16.6 Å². The highest BCUT2D eigenvalue weighted by atomic mass is 127. The van der Waals surface area contributed by atoms with E-state index < -0.39 is 17.8 Å². The lowest BCUT2D eigenvalue weighted by Gasteiger charge is -2.29. The van der Waals surface area contributed by atoms with Crippen molar-refractivity contribution in [3.8, 4) is 11.5 Å². The number of anilines is 1. The Morgan fingerprint density at radius 2 is 1.89 bits per heavy atom. The molecule has 4 rings (SSSR count). The van der Waals surface area contributed by atoms with Gasteiger partial charge in [-0.05, 0) is 94.5 Å². The maximum Gasteiger partial charge on any atom is 0.335 e. The third-order valence-corrected chi connectivity index (χ3v) is 6.65. The third kappa shape index (κ3) is 5.92. The molecular weight excluding hydrogens is 631 g/mol. The number of thiocarbonyl (C=S) groups is 1. The molecule has 8 nitrogen and oxygen atoms in total. The Morgan fingerprint density at radius 3 is 2.57 bits per heavy atom. The second-order valence-corrected chi connectivity index (χ2v) is 9.75. The lowest BCUT2D eigenvalue weighted by molar-refractivity contribution is -0.122. The molecule has 0 aliphatic carbocycles. The molecule has 0 unspecified atom stereocenters. The van der Waals surface area contributed by atoms with Crippen LogP contribution in [0.15, 0.2) is 66.2 Å². The zero-order valence-corrected chi connectivity index (χ0v) is 22.9. The fourth-order valence-corrected chi connectivity index (χ4v) is 4.72. The number of nitrogens with zero attached hydrogens (tertiary/aromatic N) is 1. The van der Waals surface area contributed by atoms with Crippen LogP contribution in [0, 0.1) is 3.57 Å². The molecule has 1 aliphatic rings. The number of carbonyl (C=O) groups is 3. The Morgan fingerprint density at radius 1 is 1.16 bits per heavy atom. The van der Waals surface area contributed by atoms with Crippen LogP contribution in [-0.2, 0) is 16.2 Å². The monoisotopic (exact) mass is 648 g/mol. The van der Waals surface area contributed by atoms with Gasteiger partial charge in [-0.15, -0.1) is 0 Å². The summed E-state index contributed by atoms with van der Waals surface area (Å²) in [6, 6.07) is 16.4. The van der Waals surface area contributed by atoms with Gasteiger partial charge in [0, 0.05) is 5.02 Å². The lowest BCUT2D eigenvalue weighted by Crippen LogP contribution is -2.54. The highest BCUT2D eigenvalue weighted by molar-refractivity contribution is 14.1. The van der Waals surface area contributed by atoms with Crippen LogP contribution >= 0.6 is 46.4 Å². The summed E-state index contributed by atoms with van der Waals surface area (Å²) in [6.45, 7) is 0.284.